The zero-order chi connectivity index (χ0) is 16.9. The van der Waals surface area contributed by atoms with E-state index < -0.39 is 0 Å². The van der Waals surface area contributed by atoms with Crippen molar-refractivity contribution in [3.8, 4) is 6.07 Å². The molecule has 1 aromatic rings. The number of hydrogen-bond donors (Lipinski definition) is 0. The Morgan fingerprint density at radius 1 is 1.29 bits per heavy atom. The van der Waals surface area contributed by atoms with Gasteiger partial charge in [-0.3, -0.25) is 0 Å². The number of aromatic nitrogens is 2. The minimum atomic E-state index is -0.309. The molecular weight excluding hydrogens is 327 g/mol. The normalized spacial score (nSPS) is 24.6. The van der Waals surface area contributed by atoms with Crippen LogP contribution in [-0.2, 0) is 6.42 Å². The van der Waals surface area contributed by atoms with Gasteiger partial charge in [-0.15, -0.1) is 0 Å². The second kappa shape index (κ2) is 5.56. The molecule has 1 fully saturated rings. The first-order valence-electron chi connectivity index (χ1n) is 8.27. The second-order valence-corrected chi connectivity index (χ2v) is 7.49. The van der Waals surface area contributed by atoms with Gasteiger partial charge in [0.15, 0.2) is 0 Å². The topological polar surface area (TPSA) is 52.8 Å². The van der Waals surface area contributed by atoms with Gasteiger partial charge in [-0.05, 0) is 43.9 Å². The van der Waals surface area contributed by atoms with E-state index in [2.05, 4.69) is 20.9 Å². The standard InChI is InChI=1S/C18H18ClFN4/c1-18(8-21)9-24(10-18)16-14-7-6-13(15(14)22-17(19)23-16)11-2-4-12(20)5-3-11/h2,4,13H,3,5-7,9-10H2,1H3. The molecule has 1 saturated heterocycles. The largest absolute Gasteiger partial charge is 0.353 e. The van der Waals surface area contributed by atoms with Crippen LogP contribution < -0.4 is 4.90 Å². The summed E-state index contributed by atoms with van der Waals surface area (Å²) in [7, 11) is 0. The number of nitrogens with zero attached hydrogens (tertiary/aromatic N) is 4. The van der Waals surface area contributed by atoms with Crippen molar-refractivity contribution >= 4 is 17.4 Å². The first kappa shape index (κ1) is 15.6. The number of allylic oxidation sites excluding steroid dienone is 4. The van der Waals surface area contributed by atoms with Crippen LogP contribution in [0.1, 0.15) is 43.4 Å². The van der Waals surface area contributed by atoms with Crippen molar-refractivity contribution in [1.29, 1.82) is 5.26 Å². The molecule has 4 nitrogen and oxygen atoms in total. The van der Waals surface area contributed by atoms with E-state index in [-0.39, 0.29) is 22.4 Å². The fraction of sp³-hybridized carbons (Fsp3) is 0.500. The first-order valence-corrected chi connectivity index (χ1v) is 8.64. The van der Waals surface area contributed by atoms with E-state index in [0.717, 1.165) is 36.3 Å². The Balaban J connectivity index is 1.67. The maximum atomic E-state index is 13.3. The molecule has 0 bridgehead atoms. The summed E-state index contributed by atoms with van der Waals surface area (Å²) < 4.78 is 13.3. The molecule has 24 heavy (non-hydrogen) atoms. The van der Waals surface area contributed by atoms with Crippen LogP contribution in [0.5, 0.6) is 0 Å². The van der Waals surface area contributed by atoms with Gasteiger partial charge < -0.3 is 4.90 Å². The summed E-state index contributed by atoms with van der Waals surface area (Å²) in [5, 5.41) is 9.46. The van der Waals surface area contributed by atoms with Crippen molar-refractivity contribution in [2.24, 2.45) is 5.41 Å². The number of fused-ring (bicyclic) bond motifs is 1. The fourth-order valence-corrected chi connectivity index (χ4v) is 4.14. The molecule has 0 amide bonds. The van der Waals surface area contributed by atoms with Crippen LogP contribution in [0.25, 0.3) is 0 Å². The average Bonchev–Trinajstić information content (AvgIpc) is 2.95. The van der Waals surface area contributed by atoms with E-state index in [9.17, 15) is 9.65 Å². The molecule has 4 rings (SSSR count). The number of hydrogen-bond acceptors (Lipinski definition) is 4. The van der Waals surface area contributed by atoms with Crippen LogP contribution in [0.3, 0.4) is 0 Å². The van der Waals surface area contributed by atoms with Crippen LogP contribution >= 0.6 is 11.6 Å². The van der Waals surface area contributed by atoms with Gasteiger partial charge in [0.2, 0.25) is 5.28 Å². The quantitative estimate of drug-likeness (QED) is 0.758. The summed E-state index contributed by atoms with van der Waals surface area (Å²) in [4.78, 5) is 11.1. The number of anilines is 1. The maximum Gasteiger partial charge on any atom is 0.224 e. The highest BCUT2D eigenvalue weighted by Gasteiger charge is 2.42. The van der Waals surface area contributed by atoms with Crippen molar-refractivity contribution in [3.63, 3.8) is 0 Å². The minimum absolute atomic E-state index is 0.0604. The van der Waals surface area contributed by atoms with E-state index in [1.807, 2.05) is 13.0 Å². The van der Waals surface area contributed by atoms with E-state index >= 15 is 0 Å². The lowest BCUT2D eigenvalue weighted by Crippen LogP contribution is -2.54. The lowest BCUT2D eigenvalue weighted by Gasteiger charge is -2.44. The molecule has 124 valence electrons. The number of halogens is 2. The van der Waals surface area contributed by atoms with Gasteiger partial charge in [0.25, 0.3) is 0 Å². The molecule has 1 atom stereocenters. The van der Waals surface area contributed by atoms with Crippen LogP contribution in [0, 0.1) is 16.7 Å². The van der Waals surface area contributed by atoms with Crippen molar-refractivity contribution in [2.75, 3.05) is 18.0 Å². The zero-order valence-electron chi connectivity index (χ0n) is 13.5. The van der Waals surface area contributed by atoms with Gasteiger partial charge in [0.1, 0.15) is 11.6 Å². The number of rotatable bonds is 2. The molecule has 0 saturated carbocycles. The highest BCUT2D eigenvalue weighted by atomic mass is 35.5. The lowest BCUT2D eigenvalue weighted by atomic mass is 9.83. The van der Waals surface area contributed by atoms with Crippen molar-refractivity contribution in [1.82, 2.24) is 9.97 Å². The van der Waals surface area contributed by atoms with E-state index in [0.29, 0.717) is 19.5 Å². The summed E-state index contributed by atoms with van der Waals surface area (Å²) in [6, 6.07) is 2.36. The third-order valence-corrected chi connectivity index (χ3v) is 5.40. The molecule has 1 unspecified atom stereocenters. The second-order valence-electron chi connectivity index (χ2n) is 7.15. The molecule has 1 aliphatic heterocycles. The van der Waals surface area contributed by atoms with E-state index in [1.165, 1.54) is 5.57 Å². The van der Waals surface area contributed by atoms with Crippen LogP contribution in [0.15, 0.2) is 23.6 Å². The molecular formula is C18H18ClFN4. The Bertz CT molecular complexity index is 802. The molecule has 0 aromatic carbocycles. The van der Waals surface area contributed by atoms with E-state index in [1.54, 1.807) is 6.08 Å². The lowest BCUT2D eigenvalue weighted by molar-refractivity contribution is 0.333. The zero-order valence-corrected chi connectivity index (χ0v) is 14.3. The third-order valence-electron chi connectivity index (χ3n) is 5.23. The molecule has 0 radical (unpaired) electrons. The Labute approximate surface area is 145 Å². The highest BCUT2D eigenvalue weighted by molar-refractivity contribution is 6.28. The van der Waals surface area contributed by atoms with Gasteiger partial charge in [0.05, 0.1) is 17.2 Å². The molecule has 0 N–H and O–H groups in total. The summed E-state index contributed by atoms with van der Waals surface area (Å²) in [5.41, 5.74) is 3.04. The SMILES string of the molecule is CC1(C#N)CN(c2nc(Cl)nc3c2CCC3C2=CC=C(F)CC2)C1. The predicted octanol–water partition coefficient (Wildman–Crippen LogP) is 4.08. The van der Waals surface area contributed by atoms with Gasteiger partial charge in [-0.2, -0.15) is 5.26 Å². The molecule has 1 aromatic heterocycles. The Morgan fingerprint density at radius 2 is 2.08 bits per heavy atom. The van der Waals surface area contributed by atoms with Gasteiger partial charge in [-0.25, -0.2) is 14.4 Å². The van der Waals surface area contributed by atoms with Gasteiger partial charge in [0, 0.05) is 31.0 Å². The molecule has 3 aliphatic rings. The summed E-state index contributed by atoms with van der Waals surface area (Å²) in [6.45, 7) is 3.30. The summed E-state index contributed by atoms with van der Waals surface area (Å²) in [6.07, 6.45) is 6.52. The minimum Gasteiger partial charge on any atom is -0.353 e. The van der Waals surface area contributed by atoms with Gasteiger partial charge >= 0.3 is 0 Å². The molecule has 6 heteroatoms. The van der Waals surface area contributed by atoms with Crippen molar-refractivity contribution in [2.45, 2.75) is 38.5 Å². The Morgan fingerprint density at radius 3 is 2.75 bits per heavy atom. The van der Waals surface area contributed by atoms with Crippen LogP contribution in [0.2, 0.25) is 5.28 Å². The van der Waals surface area contributed by atoms with Crippen molar-refractivity contribution < 1.29 is 4.39 Å². The Hall–Kier alpha value is -1.93. The third kappa shape index (κ3) is 2.50. The maximum absolute atomic E-state index is 13.3. The summed E-state index contributed by atoms with van der Waals surface area (Å²) >= 11 is 6.18. The smallest absolute Gasteiger partial charge is 0.224 e. The van der Waals surface area contributed by atoms with Crippen molar-refractivity contribution in [3.05, 3.63) is 40.1 Å². The molecule has 0 spiro atoms. The fourth-order valence-electron chi connectivity index (χ4n) is 3.97. The van der Waals surface area contributed by atoms with E-state index in [4.69, 9.17) is 11.6 Å². The Kier molecular flexibility index (Phi) is 3.61. The highest BCUT2D eigenvalue weighted by Crippen LogP contribution is 2.45. The van der Waals surface area contributed by atoms with Crippen LogP contribution in [-0.4, -0.2) is 23.1 Å². The molecule has 2 heterocycles. The predicted molar refractivity (Wildman–Crippen MR) is 90.5 cm³/mol. The van der Waals surface area contributed by atoms with Crippen LogP contribution in [0.4, 0.5) is 10.2 Å². The monoisotopic (exact) mass is 344 g/mol. The van der Waals surface area contributed by atoms with Gasteiger partial charge in [-0.1, -0.05) is 11.6 Å². The molecule has 2 aliphatic carbocycles. The summed E-state index contributed by atoms with van der Waals surface area (Å²) in [5.74, 6) is 1.01. The number of nitriles is 1. The average molecular weight is 345 g/mol. The first-order chi connectivity index (χ1) is 11.5.